The van der Waals surface area contributed by atoms with E-state index < -0.39 is 0 Å². The number of nitrogens with two attached hydrogens (primary N) is 1. The third-order valence-electron chi connectivity index (χ3n) is 5.42. The van der Waals surface area contributed by atoms with Crippen LogP contribution in [0.5, 0.6) is 0 Å². The monoisotopic (exact) mass is 392 g/mol. The highest BCUT2D eigenvalue weighted by Gasteiger charge is 2.33. The quantitative estimate of drug-likeness (QED) is 0.620. The fourth-order valence-corrected chi connectivity index (χ4v) is 3.76. The summed E-state index contributed by atoms with van der Waals surface area (Å²) in [5.74, 6) is 1.14. The number of amidine groups is 1. The summed E-state index contributed by atoms with van der Waals surface area (Å²) in [5.41, 5.74) is 12.4. The molecule has 1 atom stereocenters. The maximum atomic E-state index is 9.95. The predicted octanol–water partition coefficient (Wildman–Crippen LogP) is 5.72. The standard InChI is InChI=1S/C26H24N4/c1-18-8-12-21(13-9-18)29-25-16-23(20-6-4-3-5-7-20)24(17-27)26(28)30(25)22-14-10-19(2)11-15-22/h3-15,23H,16,28H2,1-2H3. The molecule has 30 heavy (non-hydrogen) atoms. The van der Waals surface area contributed by atoms with Gasteiger partial charge >= 0.3 is 0 Å². The van der Waals surface area contributed by atoms with Gasteiger partial charge in [0.2, 0.25) is 0 Å². The summed E-state index contributed by atoms with van der Waals surface area (Å²) in [4.78, 5) is 6.87. The average molecular weight is 393 g/mol. The molecule has 4 heteroatoms. The first-order chi connectivity index (χ1) is 14.6. The largest absolute Gasteiger partial charge is 0.384 e. The molecule has 3 aromatic rings. The van der Waals surface area contributed by atoms with Crippen LogP contribution >= 0.6 is 0 Å². The molecular weight excluding hydrogens is 368 g/mol. The number of anilines is 1. The molecule has 0 aromatic heterocycles. The Morgan fingerprint density at radius 2 is 1.50 bits per heavy atom. The lowest BCUT2D eigenvalue weighted by Gasteiger charge is -2.35. The van der Waals surface area contributed by atoms with Crippen LogP contribution in [-0.4, -0.2) is 5.84 Å². The van der Waals surface area contributed by atoms with Gasteiger partial charge in [0.25, 0.3) is 0 Å². The summed E-state index contributed by atoms with van der Waals surface area (Å²) in [6.07, 6.45) is 0.593. The highest BCUT2D eigenvalue weighted by Crippen LogP contribution is 2.38. The molecule has 1 aliphatic heterocycles. The summed E-state index contributed by atoms with van der Waals surface area (Å²) < 4.78 is 0. The maximum absolute atomic E-state index is 9.95. The van der Waals surface area contributed by atoms with Crippen molar-refractivity contribution in [2.24, 2.45) is 10.7 Å². The van der Waals surface area contributed by atoms with Crippen molar-refractivity contribution in [3.63, 3.8) is 0 Å². The number of nitrogens with zero attached hydrogens (tertiary/aromatic N) is 3. The molecule has 0 radical (unpaired) electrons. The summed E-state index contributed by atoms with van der Waals surface area (Å²) in [6.45, 7) is 4.11. The van der Waals surface area contributed by atoms with Crippen molar-refractivity contribution in [2.75, 3.05) is 4.90 Å². The van der Waals surface area contributed by atoms with Crippen molar-refractivity contribution >= 4 is 17.2 Å². The molecule has 0 spiro atoms. The van der Waals surface area contributed by atoms with Crippen LogP contribution in [0.4, 0.5) is 11.4 Å². The lowest BCUT2D eigenvalue weighted by Crippen LogP contribution is -2.40. The first-order valence-electron chi connectivity index (χ1n) is 10.0. The Bertz CT molecular complexity index is 1130. The van der Waals surface area contributed by atoms with Gasteiger partial charge in [0.15, 0.2) is 0 Å². The Morgan fingerprint density at radius 1 is 0.900 bits per heavy atom. The number of aryl methyl sites for hydroxylation is 2. The van der Waals surface area contributed by atoms with Gasteiger partial charge < -0.3 is 5.73 Å². The van der Waals surface area contributed by atoms with Crippen molar-refractivity contribution in [3.05, 3.63) is 107 Å². The van der Waals surface area contributed by atoms with Gasteiger partial charge in [0.1, 0.15) is 11.7 Å². The van der Waals surface area contributed by atoms with E-state index >= 15 is 0 Å². The van der Waals surface area contributed by atoms with Gasteiger partial charge in [-0.3, -0.25) is 4.90 Å². The smallest absolute Gasteiger partial charge is 0.123 e. The van der Waals surface area contributed by atoms with E-state index in [1.807, 2.05) is 90.7 Å². The van der Waals surface area contributed by atoms with E-state index in [1.54, 1.807) is 0 Å². The zero-order valence-corrected chi connectivity index (χ0v) is 17.2. The minimum absolute atomic E-state index is 0.123. The van der Waals surface area contributed by atoms with Crippen molar-refractivity contribution in [2.45, 2.75) is 26.2 Å². The molecule has 3 aromatic carbocycles. The third-order valence-corrected chi connectivity index (χ3v) is 5.42. The van der Waals surface area contributed by atoms with Gasteiger partial charge in [-0.05, 0) is 43.7 Å². The zero-order valence-electron chi connectivity index (χ0n) is 17.2. The fourth-order valence-electron chi connectivity index (χ4n) is 3.76. The van der Waals surface area contributed by atoms with Gasteiger partial charge in [0.05, 0.1) is 17.3 Å². The number of hydrogen-bond acceptors (Lipinski definition) is 3. The lowest BCUT2D eigenvalue weighted by atomic mass is 9.85. The molecule has 0 fully saturated rings. The Labute approximate surface area is 177 Å². The number of aliphatic imine (C=N–C) groups is 1. The van der Waals surface area contributed by atoms with E-state index in [2.05, 4.69) is 13.0 Å². The van der Waals surface area contributed by atoms with E-state index in [0.29, 0.717) is 17.8 Å². The molecule has 0 aliphatic carbocycles. The molecule has 1 heterocycles. The van der Waals surface area contributed by atoms with Gasteiger partial charge in [-0.15, -0.1) is 0 Å². The Balaban J connectivity index is 1.88. The van der Waals surface area contributed by atoms with E-state index in [4.69, 9.17) is 10.7 Å². The Morgan fingerprint density at radius 3 is 2.10 bits per heavy atom. The highest BCUT2D eigenvalue weighted by molar-refractivity contribution is 6.04. The van der Waals surface area contributed by atoms with Crippen LogP contribution in [0.15, 0.2) is 95.2 Å². The van der Waals surface area contributed by atoms with E-state index in [-0.39, 0.29) is 5.92 Å². The van der Waals surface area contributed by atoms with Crippen LogP contribution in [0, 0.1) is 25.2 Å². The van der Waals surface area contributed by atoms with Crippen LogP contribution in [-0.2, 0) is 0 Å². The maximum Gasteiger partial charge on any atom is 0.123 e. The molecule has 0 saturated carbocycles. The molecule has 4 rings (SSSR count). The molecule has 1 unspecified atom stereocenters. The Hall–Kier alpha value is -3.84. The first kappa shape index (κ1) is 19.5. The molecular formula is C26H24N4. The highest BCUT2D eigenvalue weighted by atomic mass is 15.3. The average Bonchev–Trinajstić information content (AvgIpc) is 2.77. The second-order valence-electron chi connectivity index (χ2n) is 7.61. The number of allylic oxidation sites excluding steroid dienone is 1. The minimum Gasteiger partial charge on any atom is -0.384 e. The SMILES string of the molecule is Cc1ccc(N=C2CC(c3ccccc3)C(C#N)=C(N)N2c2ccc(C)cc2)cc1. The molecule has 0 amide bonds. The number of rotatable bonds is 3. The van der Waals surface area contributed by atoms with E-state index in [1.165, 1.54) is 5.56 Å². The molecule has 2 N–H and O–H groups in total. The van der Waals surface area contributed by atoms with Gasteiger partial charge in [-0.1, -0.05) is 65.7 Å². The number of hydrogen-bond donors (Lipinski definition) is 1. The third kappa shape index (κ3) is 3.83. The summed E-state index contributed by atoms with van der Waals surface area (Å²) >= 11 is 0. The van der Waals surface area contributed by atoms with E-state index in [9.17, 15) is 5.26 Å². The first-order valence-corrected chi connectivity index (χ1v) is 10.0. The van der Waals surface area contributed by atoms with Crippen LogP contribution in [0.1, 0.15) is 29.0 Å². The van der Waals surface area contributed by atoms with Crippen LogP contribution < -0.4 is 10.6 Å². The topological polar surface area (TPSA) is 65.4 Å². The molecule has 148 valence electrons. The minimum atomic E-state index is -0.123. The number of nitriles is 1. The molecule has 4 nitrogen and oxygen atoms in total. The lowest BCUT2D eigenvalue weighted by molar-refractivity contribution is 0.795. The van der Waals surface area contributed by atoms with Gasteiger partial charge in [-0.25, -0.2) is 4.99 Å². The van der Waals surface area contributed by atoms with Crippen LogP contribution in [0.25, 0.3) is 0 Å². The second-order valence-corrected chi connectivity index (χ2v) is 7.61. The summed E-state index contributed by atoms with van der Waals surface area (Å²) in [6, 6.07) is 28.6. The van der Waals surface area contributed by atoms with Gasteiger partial charge in [-0.2, -0.15) is 5.26 Å². The summed E-state index contributed by atoms with van der Waals surface area (Å²) in [5, 5.41) is 9.95. The van der Waals surface area contributed by atoms with Gasteiger partial charge in [0, 0.05) is 18.0 Å². The van der Waals surface area contributed by atoms with Crippen molar-refractivity contribution in [3.8, 4) is 6.07 Å². The Kier molecular flexibility index (Phi) is 5.36. The molecule has 0 saturated heterocycles. The van der Waals surface area contributed by atoms with Crippen LogP contribution in [0.3, 0.4) is 0 Å². The van der Waals surface area contributed by atoms with Crippen molar-refractivity contribution in [1.82, 2.24) is 0 Å². The molecule has 1 aliphatic rings. The van der Waals surface area contributed by atoms with Crippen LogP contribution in [0.2, 0.25) is 0 Å². The second kappa shape index (κ2) is 8.26. The normalized spacial score (nSPS) is 17.8. The van der Waals surface area contributed by atoms with E-state index in [0.717, 1.165) is 28.3 Å². The summed E-state index contributed by atoms with van der Waals surface area (Å²) in [7, 11) is 0. The van der Waals surface area contributed by atoms with Crippen molar-refractivity contribution in [1.29, 1.82) is 5.26 Å². The fraction of sp³-hybridized carbons (Fsp3) is 0.154. The molecule has 0 bridgehead atoms. The number of benzene rings is 3. The predicted molar refractivity (Wildman–Crippen MR) is 123 cm³/mol. The van der Waals surface area contributed by atoms with Crippen molar-refractivity contribution < 1.29 is 0 Å². The zero-order chi connectivity index (χ0) is 21.1.